The largest absolute Gasteiger partial charge is 0.375 e. The van der Waals surface area contributed by atoms with Gasteiger partial charge in [0.25, 0.3) is 0 Å². The third kappa shape index (κ3) is 6.36. The first-order valence-corrected chi connectivity index (χ1v) is 4.41. The highest BCUT2D eigenvalue weighted by molar-refractivity contribution is 4.68. The van der Waals surface area contributed by atoms with E-state index in [1.807, 2.05) is 0 Å². The highest BCUT2D eigenvalue weighted by atomic mass is 16.5. The van der Waals surface area contributed by atoms with E-state index in [1.54, 1.807) is 0 Å². The first-order chi connectivity index (χ1) is 4.77. The second kappa shape index (κ2) is 3.57. The molecule has 0 N–H and O–H groups in total. The molecule has 0 aromatic carbocycles. The van der Waals surface area contributed by atoms with E-state index in [1.165, 1.54) is 6.42 Å². The Morgan fingerprint density at radius 3 is 1.73 bits per heavy atom. The summed E-state index contributed by atoms with van der Waals surface area (Å²) in [6.45, 7) is 13.8. The van der Waals surface area contributed by atoms with E-state index >= 15 is 0 Å². The minimum Gasteiger partial charge on any atom is -0.375 e. The van der Waals surface area contributed by atoms with Crippen molar-refractivity contribution in [3.63, 3.8) is 0 Å². The summed E-state index contributed by atoms with van der Waals surface area (Å²) in [5.74, 6) is 0. The lowest BCUT2D eigenvalue weighted by molar-refractivity contribution is -0.0436. The lowest BCUT2D eigenvalue weighted by Gasteiger charge is -2.28. The minimum absolute atomic E-state index is 0.00639. The van der Waals surface area contributed by atoms with Crippen LogP contribution in [-0.2, 0) is 4.74 Å². The molecule has 0 bridgehead atoms. The zero-order chi connectivity index (χ0) is 9.12. The third-order valence-electron chi connectivity index (χ3n) is 1.85. The minimum atomic E-state index is 0.00639. The molecule has 0 radical (unpaired) electrons. The van der Waals surface area contributed by atoms with Gasteiger partial charge in [0.05, 0.1) is 12.2 Å². The van der Waals surface area contributed by atoms with Crippen LogP contribution in [0.3, 0.4) is 0 Å². The first kappa shape index (κ1) is 11.0. The Bertz CT molecular complexity index is 109. The van der Waals surface area contributed by atoms with Crippen LogP contribution < -0.4 is 0 Å². The molecule has 0 aromatic heterocycles. The van der Waals surface area contributed by atoms with Crippen molar-refractivity contribution in [2.45, 2.75) is 53.6 Å². The number of hydrogen-bond acceptors (Lipinski definition) is 1. The second-order valence-electron chi connectivity index (χ2n) is 4.92. The first-order valence-electron chi connectivity index (χ1n) is 4.41. The topological polar surface area (TPSA) is 9.23 Å². The summed E-state index contributed by atoms with van der Waals surface area (Å²) in [6.07, 6.45) is 1.17. The molecular formula is C10H22O. The number of ether oxygens (including phenoxy) is 1. The summed E-state index contributed by atoms with van der Waals surface area (Å²) in [6, 6.07) is 0. The summed E-state index contributed by atoms with van der Waals surface area (Å²) in [5, 5.41) is 0. The molecule has 0 heterocycles. The Morgan fingerprint density at radius 1 is 1.00 bits per heavy atom. The Labute approximate surface area is 71.1 Å². The molecule has 0 atom stereocenters. The van der Waals surface area contributed by atoms with Crippen molar-refractivity contribution < 1.29 is 4.74 Å². The van der Waals surface area contributed by atoms with Gasteiger partial charge in [-0.1, -0.05) is 20.8 Å². The van der Waals surface area contributed by atoms with E-state index in [4.69, 9.17) is 4.74 Å². The molecule has 1 nitrogen and oxygen atoms in total. The van der Waals surface area contributed by atoms with Crippen LogP contribution in [0.2, 0.25) is 0 Å². The van der Waals surface area contributed by atoms with Gasteiger partial charge in [-0.2, -0.15) is 0 Å². The molecule has 11 heavy (non-hydrogen) atoms. The van der Waals surface area contributed by atoms with Gasteiger partial charge >= 0.3 is 0 Å². The summed E-state index contributed by atoms with van der Waals surface area (Å²) in [5.41, 5.74) is 0.333. The molecule has 0 saturated heterocycles. The van der Waals surface area contributed by atoms with Gasteiger partial charge in [-0.25, -0.2) is 0 Å². The van der Waals surface area contributed by atoms with Crippen LogP contribution in [0.5, 0.6) is 0 Å². The van der Waals surface area contributed by atoms with Gasteiger partial charge in [-0.15, -0.1) is 0 Å². The summed E-state index contributed by atoms with van der Waals surface area (Å²) in [4.78, 5) is 0. The normalized spacial score (nSPS) is 13.6. The van der Waals surface area contributed by atoms with Crippen LogP contribution in [0.15, 0.2) is 0 Å². The Morgan fingerprint density at radius 2 is 1.45 bits per heavy atom. The molecular weight excluding hydrogens is 136 g/mol. The molecule has 1 heteroatoms. The van der Waals surface area contributed by atoms with E-state index in [0.717, 1.165) is 6.61 Å². The number of hydrogen-bond donors (Lipinski definition) is 0. The van der Waals surface area contributed by atoms with Crippen LogP contribution in [0.4, 0.5) is 0 Å². The fourth-order valence-corrected chi connectivity index (χ4v) is 0.514. The molecule has 0 aliphatic carbocycles. The van der Waals surface area contributed by atoms with Gasteiger partial charge in [0.15, 0.2) is 0 Å². The van der Waals surface area contributed by atoms with Crippen molar-refractivity contribution in [1.29, 1.82) is 0 Å². The van der Waals surface area contributed by atoms with E-state index in [9.17, 15) is 0 Å². The molecule has 0 aliphatic rings. The van der Waals surface area contributed by atoms with Crippen molar-refractivity contribution in [3.8, 4) is 0 Å². The van der Waals surface area contributed by atoms with Crippen LogP contribution >= 0.6 is 0 Å². The molecule has 0 unspecified atom stereocenters. The van der Waals surface area contributed by atoms with Crippen molar-refractivity contribution in [2.75, 3.05) is 6.61 Å². The maximum atomic E-state index is 5.68. The quantitative estimate of drug-likeness (QED) is 0.612. The van der Waals surface area contributed by atoms with Crippen molar-refractivity contribution in [3.05, 3.63) is 0 Å². The monoisotopic (exact) mass is 158 g/mol. The van der Waals surface area contributed by atoms with Gasteiger partial charge in [-0.3, -0.25) is 0 Å². The molecule has 0 spiro atoms. The predicted octanol–water partition coefficient (Wildman–Crippen LogP) is 3.24. The highest BCUT2D eigenvalue weighted by Gasteiger charge is 2.19. The highest BCUT2D eigenvalue weighted by Crippen LogP contribution is 2.22. The van der Waals surface area contributed by atoms with Gasteiger partial charge in [0.2, 0.25) is 0 Å². The zero-order valence-corrected chi connectivity index (χ0v) is 8.82. The average Bonchev–Trinajstić information content (AvgIpc) is 1.83. The van der Waals surface area contributed by atoms with E-state index in [2.05, 4.69) is 41.5 Å². The maximum absolute atomic E-state index is 5.68. The van der Waals surface area contributed by atoms with Crippen LogP contribution in [0.25, 0.3) is 0 Å². The molecule has 68 valence electrons. The summed E-state index contributed by atoms with van der Waals surface area (Å²) in [7, 11) is 0. The van der Waals surface area contributed by atoms with Crippen molar-refractivity contribution >= 4 is 0 Å². The Kier molecular flexibility index (Phi) is 3.56. The van der Waals surface area contributed by atoms with Gasteiger partial charge in [0, 0.05) is 0 Å². The number of rotatable bonds is 3. The summed E-state index contributed by atoms with van der Waals surface area (Å²) >= 11 is 0. The van der Waals surface area contributed by atoms with Gasteiger partial charge < -0.3 is 4.74 Å². The van der Waals surface area contributed by atoms with Crippen LogP contribution in [0, 0.1) is 5.41 Å². The zero-order valence-electron chi connectivity index (χ0n) is 8.82. The molecule has 0 saturated carbocycles. The van der Waals surface area contributed by atoms with Crippen LogP contribution in [0.1, 0.15) is 48.0 Å². The molecule has 0 fully saturated rings. The molecule has 0 aromatic rings. The molecule has 0 aliphatic heterocycles. The van der Waals surface area contributed by atoms with Crippen molar-refractivity contribution in [1.82, 2.24) is 0 Å². The van der Waals surface area contributed by atoms with E-state index in [-0.39, 0.29) is 5.60 Å². The molecule has 0 amide bonds. The second-order valence-corrected chi connectivity index (χ2v) is 4.92. The maximum Gasteiger partial charge on any atom is 0.0598 e. The van der Waals surface area contributed by atoms with Gasteiger partial charge in [0.1, 0.15) is 0 Å². The fraction of sp³-hybridized carbons (Fsp3) is 1.00. The Balaban J connectivity index is 3.70. The van der Waals surface area contributed by atoms with E-state index in [0.29, 0.717) is 5.41 Å². The van der Waals surface area contributed by atoms with Gasteiger partial charge in [-0.05, 0) is 32.6 Å². The summed E-state index contributed by atoms with van der Waals surface area (Å²) < 4.78 is 5.68. The molecule has 0 rings (SSSR count). The smallest absolute Gasteiger partial charge is 0.0598 e. The lowest BCUT2D eigenvalue weighted by Crippen LogP contribution is -2.27. The third-order valence-corrected chi connectivity index (χ3v) is 1.85. The predicted molar refractivity (Wildman–Crippen MR) is 49.8 cm³/mol. The SMILES string of the molecule is CCC(C)(C)COC(C)(C)C. The lowest BCUT2D eigenvalue weighted by atomic mass is 9.91. The van der Waals surface area contributed by atoms with Crippen molar-refractivity contribution in [2.24, 2.45) is 5.41 Å². The van der Waals surface area contributed by atoms with Crippen LogP contribution in [-0.4, -0.2) is 12.2 Å². The average molecular weight is 158 g/mol. The van der Waals surface area contributed by atoms with E-state index < -0.39 is 0 Å². The standard InChI is InChI=1S/C10H22O/c1-7-10(5,6)8-11-9(2,3)4/h7-8H2,1-6H3. The Hall–Kier alpha value is -0.0400. The fourth-order valence-electron chi connectivity index (χ4n) is 0.514.